The van der Waals surface area contributed by atoms with Crippen molar-refractivity contribution in [3.8, 4) is 0 Å². The van der Waals surface area contributed by atoms with E-state index in [1.54, 1.807) is 4.68 Å². The Labute approximate surface area is 83.3 Å². The van der Waals surface area contributed by atoms with Gasteiger partial charge in [0.2, 0.25) is 0 Å². The molecule has 1 aliphatic carbocycles. The SMILES string of the molecule is Cn1ccc(CC(=O)CNC2CC2)n1. The molecule has 0 aliphatic heterocycles. The summed E-state index contributed by atoms with van der Waals surface area (Å²) in [6.45, 7) is 0.487. The topological polar surface area (TPSA) is 46.9 Å². The summed E-state index contributed by atoms with van der Waals surface area (Å²) < 4.78 is 1.72. The molecule has 1 aromatic rings. The molecule has 1 saturated carbocycles. The summed E-state index contributed by atoms with van der Waals surface area (Å²) in [7, 11) is 1.86. The van der Waals surface area contributed by atoms with Crippen LogP contribution in [0, 0.1) is 0 Å². The fraction of sp³-hybridized carbons (Fsp3) is 0.600. The Hall–Kier alpha value is -1.16. The minimum absolute atomic E-state index is 0.218. The molecule has 0 bridgehead atoms. The minimum Gasteiger partial charge on any atom is -0.307 e. The zero-order valence-electron chi connectivity index (χ0n) is 8.36. The first kappa shape index (κ1) is 9.40. The third kappa shape index (κ3) is 2.67. The Balaban J connectivity index is 1.75. The molecule has 0 atom stereocenters. The van der Waals surface area contributed by atoms with Crippen LogP contribution in [-0.2, 0) is 18.3 Å². The van der Waals surface area contributed by atoms with Crippen molar-refractivity contribution in [3.63, 3.8) is 0 Å². The summed E-state index contributed by atoms with van der Waals surface area (Å²) in [5.41, 5.74) is 0.857. The average molecular weight is 193 g/mol. The van der Waals surface area contributed by atoms with Gasteiger partial charge in [-0.25, -0.2) is 0 Å². The monoisotopic (exact) mass is 193 g/mol. The van der Waals surface area contributed by atoms with Gasteiger partial charge in [0.15, 0.2) is 5.78 Å². The molecule has 1 heterocycles. The van der Waals surface area contributed by atoms with Crippen LogP contribution < -0.4 is 5.32 Å². The number of hydrogen-bond donors (Lipinski definition) is 1. The van der Waals surface area contributed by atoms with Crippen molar-refractivity contribution < 1.29 is 4.79 Å². The second kappa shape index (κ2) is 3.92. The Kier molecular flexibility index (Phi) is 2.63. The normalized spacial score (nSPS) is 15.8. The predicted octanol–water partition coefficient (Wildman–Crippen LogP) is 0.284. The summed E-state index contributed by atoms with van der Waals surface area (Å²) in [6.07, 6.45) is 4.74. The zero-order valence-corrected chi connectivity index (χ0v) is 8.36. The third-order valence-electron chi connectivity index (χ3n) is 2.31. The van der Waals surface area contributed by atoms with Gasteiger partial charge in [-0.15, -0.1) is 0 Å². The highest BCUT2D eigenvalue weighted by Gasteiger charge is 2.21. The predicted molar refractivity (Wildman–Crippen MR) is 52.9 cm³/mol. The molecule has 14 heavy (non-hydrogen) atoms. The van der Waals surface area contributed by atoms with Crippen LogP contribution in [0.15, 0.2) is 12.3 Å². The van der Waals surface area contributed by atoms with Gasteiger partial charge in [0.05, 0.1) is 18.7 Å². The molecule has 4 nitrogen and oxygen atoms in total. The molecule has 0 spiro atoms. The van der Waals surface area contributed by atoms with Gasteiger partial charge in [0.25, 0.3) is 0 Å². The Morgan fingerprint density at radius 3 is 3.07 bits per heavy atom. The number of carbonyl (C=O) groups excluding carboxylic acids is 1. The van der Waals surface area contributed by atoms with Crippen LogP contribution in [0.5, 0.6) is 0 Å². The van der Waals surface area contributed by atoms with E-state index < -0.39 is 0 Å². The summed E-state index contributed by atoms with van der Waals surface area (Å²) in [4.78, 5) is 11.4. The van der Waals surface area contributed by atoms with Gasteiger partial charge in [0.1, 0.15) is 0 Å². The van der Waals surface area contributed by atoms with Crippen molar-refractivity contribution in [3.05, 3.63) is 18.0 Å². The number of aromatic nitrogens is 2. The van der Waals surface area contributed by atoms with E-state index in [-0.39, 0.29) is 5.78 Å². The van der Waals surface area contributed by atoms with E-state index in [9.17, 15) is 4.79 Å². The highest BCUT2D eigenvalue weighted by atomic mass is 16.1. The smallest absolute Gasteiger partial charge is 0.152 e. The number of nitrogens with zero attached hydrogens (tertiary/aromatic N) is 2. The number of carbonyl (C=O) groups is 1. The van der Waals surface area contributed by atoms with Gasteiger partial charge in [-0.3, -0.25) is 9.48 Å². The van der Waals surface area contributed by atoms with E-state index in [1.807, 2.05) is 19.3 Å². The molecular formula is C10H15N3O. The number of Topliss-reactive ketones (excluding diaryl/α,β-unsaturated/α-hetero) is 1. The third-order valence-corrected chi connectivity index (χ3v) is 2.31. The molecule has 0 saturated heterocycles. The van der Waals surface area contributed by atoms with Crippen molar-refractivity contribution in [2.75, 3.05) is 6.54 Å². The van der Waals surface area contributed by atoms with Crippen LogP contribution in [0.2, 0.25) is 0 Å². The summed E-state index contributed by atoms with van der Waals surface area (Å²) in [5, 5.41) is 7.36. The van der Waals surface area contributed by atoms with Crippen molar-refractivity contribution in [1.82, 2.24) is 15.1 Å². The summed E-state index contributed by atoms with van der Waals surface area (Å²) >= 11 is 0. The number of hydrogen-bond acceptors (Lipinski definition) is 3. The lowest BCUT2D eigenvalue weighted by molar-refractivity contribution is -0.117. The summed E-state index contributed by atoms with van der Waals surface area (Å²) in [5.74, 6) is 0.218. The van der Waals surface area contributed by atoms with Crippen LogP contribution in [0.3, 0.4) is 0 Å². The number of aryl methyl sites for hydroxylation is 1. The number of ketones is 1. The largest absolute Gasteiger partial charge is 0.307 e. The standard InChI is InChI=1S/C10H15N3O/c1-13-5-4-9(12-13)6-10(14)7-11-8-2-3-8/h4-5,8,11H,2-3,6-7H2,1H3. The van der Waals surface area contributed by atoms with Crippen LogP contribution >= 0.6 is 0 Å². The molecule has 0 unspecified atom stereocenters. The van der Waals surface area contributed by atoms with E-state index in [0.717, 1.165) is 5.69 Å². The molecule has 0 amide bonds. The van der Waals surface area contributed by atoms with Crippen molar-refractivity contribution >= 4 is 5.78 Å². The fourth-order valence-electron chi connectivity index (χ4n) is 1.37. The molecule has 1 aromatic heterocycles. The minimum atomic E-state index is 0.218. The van der Waals surface area contributed by atoms with Crippen LogP contribution in [0.4, 0.5) is 0 Å². The first-order valence-corrected chi connectivity index (χ1v) is 4.97. The second-order valence-corrected chi connectivity index (χ2v) is 3.85. The molecule has 1 N–H and O–H groups in total. The van der Waals surface area contributed by atoms with Crippen molar-refractivity contribution in [1.29, 1.82) is 0 Å². The van der Waals surface area contributed by atoms with E-state index >= 15 is 0 Å². The average Bonchev–Trinajstić information content (AvgIpc) is 2.88. The highest BCUT2D eigenvalue weighted by Crippen LogP contribution is 2.18. The van der Waals surface area contributed by atoms with Gasteiger partial charge in [-0.1, -0.05) is 0 Å². The molecule has 0 radical (unpaired) electrons. The lowest BCUT2D eigenvalue weighted by Gasteiger charge is -1.99. The molecule has 2 rings (SSSR count). The van der Waals surface area contributed by atoms with Gasteiger partial charge < -0.3 is 5.32 Å². The lowest BCUT2D eigenvalue weighted by Crippen LogP contribution is -2.26. The fourth-order valence-corrected chi connectivity index (χ4v) is 1.37. The lowest BCUT2D eigenvalue weighted by atomic mass is 10.2. The van der Waals surface area contributed by atoms with Gasteiger partial charge in [0, 0.05) is 19.3 Å². The van der Waals surface area contributed by atoms with Gasteiger partial charge in [-0.2, -0.15) is 5.10 Å². The highest BCUT2D eigenvalue weighted by molar-refractivity contribution is 5.82. The molecule has 1 fully saturated rings. The van der Waals surface area contributed by atoms with E-state index in [2.05, 4.69) is 10.4 Å². The quantitative estimate of drug-likeness (QED) is 0.731. The summed E-state index contributed by atoms with van der Waals surface area (Å²) in [6, 6.07) is 2.48. The molecule has 1 aliphatic rings. The Morgan fingerprint density at radius 1 is 1.71 bits per heavy atom. The maximum Gasteiger partial charge on any atom is 0.152 e. The van der Waals surface area contributed by atoms with Crippen LogP contribution in [0.25, 0.3) is 0 Å². The maximum atomic E-state index is 11.4. The van der Waals surface area contributed by atoms with Crippen molar-refractivity contribution in [2.24, 2.45) is 7.05 Å². The zero-order chi connectivity index (χ0) is 9.97. The van der Waals surface area contributed by atoms with E-state index in [1.165, 1.54) is 12.8 Å². The van der Waals surface area contributed by atoms with Crippen molar-refractivity contribution in [2.45, 2.75) is 25.3 Å². The van der Waals surface area contributed by atoms with Gasteiger partial charge in [-0.05, 0) is 18.9 Å². The first-order valence-electron chi connectivity index (χ1n) is 4.97. The Morgan fingerprint density at radius 2 is 2.50 bits per heavy atom. The molecule has 76 valence electrons. The second-order valence-electron chi connectivity index (χ2n) is 3.85. The van der Waals surface area contributed by atoms with E-state index in [4.69, 9.17) is 0 Å². The van der Waals surface area contributed by atoms with E-state index in [0.29, 0.717) is 19.0 Å². The Bertz CT molecular complexity index is 328. The van der Waals surface area contributed by atoms with Crippen LogP contribution in [0.1, 0.15) is 18.5 Å². The van der Waals surface area contributed by atoms with Gasteiger partial charge >= 0.3 is 0 Å². The molecular weight excluding hydrogens is 178 g/mol. The van der Waals surface area contributed by atoms with Crippen LogP contribution in [-0.4, -0.2) is 28.2 Å². The maximum absolute atomic E-state index is 11.4. The number of nitrogens with one attached hydrogen (secondary N) is 1. The molecule has 0 aromatic carbocycles. The number of rotatable bonds is 5. The molecule has 4 heteroatoms. The first-order chi connectivity index (χ1) is 6.74.